The van der Waals surface area contributed by atoms with Crippen LogP contribution < -0.4 is 5.32 Å². The minimum atomic E-state index is -0.377. The van der Waals surface area contributed by atoms with Gasteiger partial charge in [-0.2, -0.15) is 0 Å². The van der Waals surface area contributed by atoms with Gasteiger partial charge in [-0.25, -0.2) is 4.98 Å². The number of nitrogens with one attached hydrogen (secondary N) is 1. The van der Waals surface area contributed by atoms with E-state index in [4.69, 9.17) is 0 Å². The van der Waals surface area contributed by atoms with Crippen molar-refractivity contribution in [2.24, 2.45) is 0 Å². The number of aliphatic hydroxyl groups is 1. The second kappa shape index (κ2) is 3.96. The van der Waals surface area contributed by atoms with E-state index < -0.39 is 0 Å². The van der Waals surface area contributed by atoms with Crippen molar-refractivity contribution in [3.8, 4) is 0 Å². The molecule has 1 aliphatic rings. The standard InChI is InChI=1S/C11H16N2O/c1-2-10(14)8-3-6-11(12-7-8)13-9-4-5-9/h3,6-7,9-10,14H,2,4-5H2,1H3,(H,12,13)/t10-/m1/s1. The zero-order valence-corrected chi connectivity index (χ0v) is 8.40. The summed E-state index contributed by atoms with van der Waals surface area (Å²) in [5.41, 5.74) is 0.897. The average Bonchev–Trinajstić information content (AvgIpc) is 3.02. The molecule has 2 N–H and O–H groups in total. The minimum Gasteiger partial charge on any atom is -0.388 e. The molecule has 0 amide bonds. The smallest absolute Gasteiger partial charge is 0.126 e. The molecule has 1 aromatic heterocycles. The van der Waals surface area contributed by atoms with E-state index in [1.54, 1.807) is 6.20 Å². The van der Waals surface area contributed by atoms with Crippen molar-refractivity contribution < 1.29 is 5.11 Å². The normalized spacial score (nSPS) is 17.9. The Morgan fingerprint density at radius 2 is 2.36 bits per heavy atom. The highest BCUT2D eigenvalue weighted by atomic mass is 16.3. The highest BCUT2D eigenvalue weighted by Gasteiger charge is 2.21. The second-order valence-electron chi connectivity index (χ2n) is 3.82. The fourth-order valence-corrected chi connectivity index (χ4v) is 1.36. The quantitative estimate of drug-likeness (QED) is 0.768. The van der Waals surface area contributed by atoms with Gasteiger partial charge in [0, 0.05) is 12.2 Å². The first kappa shape index (κ1) is 9.46. The van der Waals surface area contributed by atoms with Crippen molar-refractivity contribution in [2.45, 2.75) is 38.3 Å². The maximum atomic E-state index is 9.55. The Morgan fingerprint density at radius 1 is 1.57 bits per heavy atom. The fourth-order valence-electron chi connectivity index (χ4n) is 1.36. The lowest BCUT2D eigenvalue weighted by molar-refractivity contribution is 0.173. The van der Waals surface area contributed by atoms with Crippen LogP contribution in [0.4, 0.5) is 5.82 Å². The second-order valence-corrected chi connectivity index (χ2v) is 3.82. The van der Waals surface area contributed by atoms with Crippen molar-refractivity contribution in [1.82, 2.24) is 4.98 Å². The highest BCUT2D eigenvalue weighted by molar-refractivity contribution is 5.38. The molecule has 1 atom stereocenters. The lowest BCUT2D eigenvalue weighted by atomic mass is 10.1. The Balaban J connectivity index is 2.01. The van der Waals surface area contributed by atoms with Crippen molar-refractivity contribution in [2.75, 3.05) is 5.32 Å². The van der Waals surface area contributed by atoms with Gasteiger partial charge in [-0.05, 0) is 30.9 Å². The summed E-state index contributed by atoms with van der Waals surface area (Å²) in [4.78, 5) is 4.26. The number of anilines is 1. The van der Waals surface area contributed by atoms with Gasteiger partial charge in [0.25, 0.3) is 0 Å². The van der Waals surface area contributed by atoms with E-state index in [0.29, 0.717) is 6.04 Å². The van der Waals surface area contributed by atoms with Gasteiger partial charge in [-0.15, -0.1) is 0 Å². The molecule has 0 bridgehead atoms. The van der Waals surface area contributed by atoms with Crippen molar-refractivity contribution in [3.63, 3.8) is 0 Å². The molecule has 1 heterocycles. The van der Waals surface area contributed by atoms with Gasteiger partial charge in [0.2, 0.25) is 0 Å². The molecule has 0 unspecified atom stereocenters. The molecule has 1 saturated carbocycles. The van der Waals surface area contributed by atoms with Gasteiger partial charge in [-0.1, -0.05) is 13.0 Å². The van der Waals surface area contributed by atoms with Gasteiger partial charge in [0.15, 0.2) is 0 Å². The fraction of sp³-hybridized carbons (Fsp3) is 0.545. The zero-order chi connectivity index (χ0) is 9.97. The third-order valence-corrected chi connectivity index (χ3v) is 2.49. The molecular weight excluding hydrogens is 176 g/mol. The van der Waals surface area contributed by atoms with Crippen LogP contribution in [0.3, 0.4) is 0 Å². The average molecular weight is 192 g/mol. The number of hydrogen-bond donors (Lipinski definition) is 2. The molecule has 0 radical (unpaired) electrons. The molecule has 14 heavy (non-hydrogen) atoms. The summed E-state index contributed by atoms with van der Waals surface area (Å²) in [6, 6.07) is 4.50. The first-order valence-corrected chi connectivity index (χ1v) is 5.20. The van der Waals surface area contributed by atoms with Crippen LogP contribution in [0.15, 0.2) is 18.3 Å². The van der Waals surface area contributed by atoms with Crippen LogP contribution in [-0.4, -0.2) is 16.1 Å². The van der Waals surface area contributed by atoms with Gasteiger partial charge in [-0.3, -0.25) is 0 Å². The van der Waals surface area contributed by atoms with E-state index in [1.165, 1.54) is 12.8 Å². The highest BCUT2D eigenvalue weighted by Crippen LogP contribution is 2.24. The molecule has 76 valence electrons. The van der Waals surface area contributed by atoms with Crippen molar-refractivity contribution >= 4 is 5.82 Å². The first-order valence-electron chi connectivity index (χ1n) is 5.20. The number of rotatable bonds is 4. The number of pyridine rings is 1. The maximum Gasteiger partial charge on any atom is 0.126 e. The van der Waals surface area contributed by atoms with E-state index in [1.807, 2.05) is 19.1 Å². The largest absolute Gasteiger partial charge is 0.388 e. The summed E-state index contributed by atoms with van der Waals surface area (Å²) in [6.07, 6.45) is 4.61. The summed E-state index contributed by atoms with van der Waals surface area (Å²) >= 11 is 0. The van der Waals surface area contributed by atoms with Crippen LogP contribution >= 0.6 is 0 Å². The van der Waals surface area contributed by atoms with E-state index >= 15 is 0 Å². The van der Waals surface area contributed by atoms with Crippen LogP contribution in [0, 0.1) is 0 Å². The van der Waals surface area contributed by atoms with Gasteiger partial charge < -0.3 is 10.4 Å². The number of hydrogen-bond acceptors (Lipinski definition) is 3. The predicted octanol–water partition coefficient (Wildman–Crippen LogP) is 2.10. The van der Waals surface area contributed by atoms with Crippen LogP contribution in [0.25, 0.3) is 0 Å². The first-order chi connectivity index (χ1) is 6.79. The van der Waals surface area contributed by atoms with Gasteiger partial charge in [0.05, 0.1) is 6.10 Å². The Morgan fingerprint density at radius 3 is 2.86 bits per heavy atom. The third-order valence-electron chi connectivity index (χ3n) is 2.49. The minimum absolute atomic E-state index is 0.377. The Kier molecular flexibility index (Phi) is 2.68. The summed E-state index contributed by atoms with van der Waals surface area (Å²) in [5.74, 6) is 0.916. The molecule has 3 nitrogen and oxygen atoms in total. The molecule has 1 aromatic rings. The Bertz CT molecular complexity index is 293. The Hall–Kier alpha value is -1.09. The summed E-state index contributed by atoms with van der Waals surface area (Å²) in [7, 11) is 0. The van der Waals surface area contributed by atoms with Crippen LogP contribution in [0.2, 0.25) is 0 Å². The monoisotopic (exact) mass is 192 g/mol. The van der Waals surface area contributed by atoms with Gasteiger partial charge >= 0.3 is 0 Å². The molecule has 1 fully saturated rings. The molecule has 3 heteroatoms. The van der Waals surface area contributed by atoms with Crippen molar-refractivity contribution in [3.05, 3.63) is 23.9 Å². The topological polar surface area (TPSA) is 45.1 Å². The number of nitrogens with zero attached hydrogens (tertiary/aromatic N) is 1. The van der Waals surface area contributed by atoms with E-state index in [-0.39, 0.29) is 6.10 Å². The van der Waals surface area contributed by atoms with Gasteiger partial charge in [0.1, 0.15) is 5.82 Å². The molecule has 1 aliphatic carbocycles. The van der Waals surface area contributed by atoms with E-state index in [9.17, 15) is 5.11 Å². The molecule has 0 saturated heterocycles. The van der Waals surface area contributed by atoms with E-state index in [0.717, 1.165) is 17.8 Å². The molecular formula is C11H16N2O. The molecule has 0 spiro atoms. The van der Waals surface area contributed by atoms with Crippen LogP contribution in [0.5, 0.6) is 0 Å². The zero-order valence-electron chi connectivity index (χ0n) is 8.40. The van der Waals surface area contributed by atoms with E-state index in [2.05, 4.69) is 10.3 Å². The summed E-state index contributed by atoms with van der Waals surface area (Å²) in [5, 5.41) is 12.9. The summed E-state index contributed by atoms with van der Waals surface area (Å²) in [6.45, 7) is 1.96. The predicted molar refractivity (Wildman–Crippen MR) is 56.1 cm³/mol. The molecule has 0 aromatic carbocycles. The summed E-state index contributed by atoms with van der Waals surface area (Å²) < 4.78 is 0. The third kappa shape index (κ3) is 2.23. The lowest BCUT2D eigenvalue weighted by Gasteiger charge is -2.08. The Labute approximate surface area is 84.2 Å². The van der Waals surface area contributed by atoms with Crippen molar-refractivity contribution in [1.29, 1.82) is 0 Å². The molecule has 0 aliphatic heterocycles. The van der Waals surface area contributed by atoms with Crippen LogP contribution in [0.1, 0.15) is 37.9 Å². The molecule has 2 rings (SSSR count). The number of aliphatic hydroxyl groups excluding tert-OH is 1. The van der Waals surface area contributed by atoms with Crippen LogP contribution in [-0.2, 0) is 0 Å². The SMILES string of the molecule is CC[C@@H](O)c1ccc(NC2CC2)nc1. The maximum absolute atomic E-state index is 9.55. The lowest BCUT2D eigenvalue weighted by Crippen LogP contribution is -2.03. The number of aromatic nitrogens is 1.